The number of nitrogens with zero attached hydrogens (tertiary/aromatic N) is 1. The van der Waals surface area contributed by atoms with Crippen LogP contribution in [0.3, 0.4) is 0 Å². The van der Waals surface area contributed by atoms with Gasteiger partial charge in [0.2, 0.25) is 5.91 Å². The van der Waals surface area contributed by atoms with Gasteiger partial charge in [0.1, 0.15) is 16.9 Å². The first-order chi connectivity index (χ1) is 14.1. The zero-order chi connectivity index (χ0) is 20.2. The molecular formula is C24H24N2O3. The predicted octanol–water partition coefficient (Wildman–Crippen LogP) is 4.20. The SMILES string of the molecule is COc1ccc2[nH]cc([C@@]3([C@H]4CCCCC4=O)C(=O)N(C)c4ccccc43)c2c1. The zero-order valence-corrected chi connectivity index (χ0v) is 16.7. The van der Waals surface area contributed by atoms with E-state index < -0.39 is 5.41 Å². The van der Waals surface area contributed by atoms with Gasteiger partial charge in [0.15, 0.2) is 0 Å². The lowest BCUT2D eigenvalue weighted by Crippen LogP contribution is -2.49. The second kappa shape index (κ2) is 6.48. The monoisotopic (exact) mass is 388 g/mol. The van der Waals surface area contributed by atoms with Crippen molar-refractivity contribution < 1.29 is 14.3 Å². The number of Topliss-reactive ketones (excluding diaryl/α,β-unsaturated/α-hetero) is 1. The zero-order valence-electron chi connectivity index (χ0n) is 16.7. The van der Waals surface area contributed by atoms with Gasteiger partial charge in [-0.2, -0.15) is 0 Å². The largest absolute Gasteiger partial charge is 0.497 e. The Morgan fingerprint density at radius 1 is 1.10 bits per heavy atom. The molecule has 1 aliphatic carbocycles. The fraction of sp³-hybridized carbons (Fsp3) is 0.333. The van der Waals surface area contributed by atoms with Gasteiger partial charge in [0, 0.05) is 42.2 Å². The molecule has 2 heterocycles. The first kappa shape index (κ1) is 18.0. The van der Waals surface area contributed by atoms with Crippen molar-refractivity contribution in [2.24, 2.45) is 5.92 Å². The van der Waals surface area contributed by atoms with Crippen LogP contribution in [0.5, 0.6) is 5.75 Å². The second-order valence-corrected chi connectivity index (χ2v) is 8.07. The van der Waals surface area contributed by atoms with Crippen molar-refractivity contribution in [3.8, 4) is 5.75 Å². The number of hydrogen-bond donors (Lipinski definition) is 1. The van der Waals surface area contributed by atoms with Gasteiger partial charge < -0.3 is 14.6 Å². The number of para-hydroxylation sites is 1. The number of aromatic amines is 1. The molecule has 29 heavy (non-hydrogen) atoms. The number of nitrogens with one attached hydrogen (secondary N) is 1. The number of carbonyl (C=O) groups excluding carboxylic acids is 2. The smallest absolute Gasteiger partial charge is 0.242 e. The molecule has 0 unspecified atom stereocenters. The number of benzene rings is 2. The maximum Gasteiger partial charge on any atom is 0.242 e. The average molecular weight is 388 g/mol. The Kier molecular flexibility index (Phi) is 4.02. The Morgan fingerprint density at radius 3 is 2.72 bits per heavy atom. The first-order valence-electron chi connectivity index (χ1n) is 10.1. The molecule has 1 N–H and O–H groups in total. The number of hydrogen-bond acceptors (Lipinski definition) is 3. The second-order valence-electron chi connectivity index (χ2n) is 8.07. The number of ether oxygens (including phenoxy) is 1. The molecular weight excluding hydrogens is 364 g/mol. The lowest BCUT2D eigenvalue weighted by Gasteiger charge is -2.37. The molecule has 1 saturated carbocycles. The van der Waals surface area contributed by atoms with E-state index >= 15 is 0 Å². The minimum atomic E-state index is -1.01. The van der Waals surface area contributed by atoms with Crippen molar-refractivity contribution in [2.75, 3.05) is 19.1 Å². The Labute approximate surface area is 169 Å². The van der Waals surface area contributed by atoms with Crippen LogP contribution in [0.1, 0.15) is 36.8 Å². The fourth-order valence-corrected chi connectivity index (χ4v) is 5.37. The number of methoxy groups -OCH3 is 1. The molecule has 5 heteroatoms. The quantitative estimate of drug-likeness (QED) is 0.731. The van der Waals surface area contributed by atoms with Crippen molar-refractivity contribution >= 4 is 28.3 Å². The summed E-state index contributed by atoms with van der Waals surface area (Å²) in [5.41, 5.74) is 2.61. The summed E-state index contributed by atoms with van der Waals surface area (Å²) in [6, 6.07) is 13.7. The van der Waals surface area contributed by atoms with E-state index in [0.717, 1.165) is 52.7 Å². The van der Waals surface area contributed by atoms with Gasteiger partial charge in [0.25, 0.3) is 0 Å². The number of fused-ring (bicyclic) bond motifs is 2. The Hall–Kier alpha value is -3.08. The highest BCUT2D eigenvalue weighted by Gasteiger charge is 2.58. The average Bonchev–Trinajstić information content (AvgIpc) is 3.27. The van der Waals surface area contributed by atoms with Crippen molar-refractivity contribution in [1.29, 1.82) is 0 Å². The van der Waals surface area contributed by atoms with Crippen LogP contribution in [0.2, 0.25) is 0 Å². The lowest BCUT2D eigenvalue weighted by molar-refractivity contribution is -0.133. The third kappa shape index (κ3) is 2.33. The van der Waals surface area contributed by atoms with Crippen LogP contribution in [0.25, 0.3) is 10.9 Å². The summed E-state index contributed by atoms with van der Waals surface area (Å²) in [5.74, 6) is 0.533. The standard InChI is InChI=1S/C24H24N2O3/c1-26-21-9-5-3-7-17(21)24(23(26)28,18-8-4-6-10-22(18)27)19-14-25-20-12-11-15(29-2)13-16(19)20/h3,5,7,9,11-14,18,25H,4,6,8,10H2,1-2H3/t18-,24+/m0/s1. The number of rotatable bonds is 3. The van der Waals surface area contributed by atoms with E-state index in [-0.39, 0.29) is 17.6 Å². The molecule has 148 valence electrons. The van der Waals surface area contributed by atoms with Crippen molar-refractivity contribution in [2.45, 2.75) is 31.1 Å². The summed E-state index contributed by atoms with van der Waals surface area (Å²) in [6.45, 7) is 0. The van der Waals surface area contributed by atoms with Crippen LogP contribution in [0.15, 0.2) is 48.7 Å². The normalized spacial score (nSPS) is 24.2. The van der Waals surface area contributed by atoms with Gasteiger partial charge in [-0.1, -0.05) is 24.6 Å². The highest BCUT2D eigenvalue weighted by Crippen LogP contribution is 2.54. The van der Waals surface area contributed by atoms with E-state index in [1.54, 1.807) is 12.0 Å². The van der Waals surface area contributed by atoms with E-state index in [2.05, 4.69) is 4.98 Å². The van der Waals surface area contributed by atoms with Crippen LogP contribution in [0, 0.1) is 5.92 Å². The molecule has 1 amide bonds. The van der Waals surface area contributed by atoms with Crippen LogP contribution in [-0.2, 0) is 15.0 Å². The third-order valence-electron chi connectivity index (χ3n) is 6.72. The van der Waals surface area contributed by atoms with Crippen molar-refractivity contribution in [3.63, 3.8) is 0 Å². The first-order valence-corrected chi connectivity index (χ1v) is 10.1. The Balaban J connectivity index is 1.86. The summed E-state index contributed by atoms with van der Waals surface area (Å²) in [6.07, 6.45) is 5.04. The minimum Gasteiger partial charge on any atom is -0.497 e. The molecule has 1 aliphatic heterocycles. The number of likely N-dealkylation sites (N-methyl/N-ethyl adjacent to an activating group) is 1. The highest BCUT2D eigenvalue weighted by molar-refractivity contribution is 6.15. The number of anilines is 1. The summed E-state index contributed by atoms with van der Waals surface area (Å²) < 4.78 is 5.45. The van der Waals surface area contributed by atoms with Gasteiger partial charge in [-0.25, -0.2) is 0 Å². The van der Waals surface area contributed by atoms with Gasteiger partial charge in [0.05, 0.1) is 7.11 Å². The lowest BCUT2D eigenvalue weighted by atomic mass is 9.61. The maximum atomic E-state index is 14.0. The van der Waals surface area contributed by atoms with E-state index in [0.29, 0.717) is 6.42 Å². The number of H-pyrrole nitrogens is 1. The molecule has 3 aromatic rings. The minimum absolute atomic E-state index is 0.0253. The Morgan fingerprint density at radius 2 is 1.93 bits per heavy atom. The van der Waals surface area contributed by atoms with Gasteiger partial charge in [-0.3, -0.25) is 9.59 Å². The van der Waals surface area contributed by atoms with Gasteiger partial charge in [-0.05, 0) is 48.2 Å². The van der Waals surface area contributed by atoms with E-state index in [1.807, 2.05) is 55.7 Å². The number of aromatic nitrogens is 1. The predicted molar refractivity (Wildman–Crippen MR) is 112 cm³/mol. The molecule has 0 saturated heterocycles. The molecule has 5 rings (SSSR count). The van der Waals surface area contributed by atoms with Gasteiger partial charge >= 0.3 is 0 Å². The molecule has 1 fully saturated rings. The van der Waals surface area contributed by atoms with Crippen LogP contribution in [0.4, 0.5) is 5.69 Å². The van der Waals surface area contributed by atoms with E-state index in [9.17, 15) is 9.59 Å². The van der Waals surface area contributed by atoms with Crippen LogP contribution in [-0.4, -0.2) is 30.8 Å². The van der Waals surface area contributed by atoms with Crippen molar-refractivity contribution in [1.82, 2.24) is 4.98 Å². The molecule has 0 bridgehead atoms. The number of amides is 1. The molecule has 0 radical (unpaired) electrons. The van der Waals surface area contributed by atoms with Gasteiger partial charge in [-0.15, -0.1) is 0 Å². The summed E-state index contributed by atoms with van der Waals surface area (Å²) in [7, 11) is 3.45. The summed E-state index contributed by atoms with van der Waals surface area (Å²) in [5, 5.41) is 0.932. The van der Waals surface area contributed by atoms with Crippen LogP contribution < -0.4 is 9.64 Å². The highest BCUT2D eigenvalue weighted by atomic mass is 16.5. The molecule has 1 aromatic heterocycles. The third-order valence-corrected chi connectivity index (χ3v) is 6.72. The Bertz CT molecular complexity index is 1130. The molecule has 2 aromatic carbocycles. The van der Waals surface area contributed by atoms with E-state index in [1.165, 1.54) is 0 Å². The van der Waals surface area contributed by atoms with E-state index in [4.69, 9.17) is 4.74 Å². The summed E-state index contributed by atoms with van der Waals surface area (Å²) in [4.78, 5) is 32.2. The summed E-state index contributed by atoms with van der Waals surface area (Å²) >= 11 is 0. The molecule has 0 spiro atoms. The molecule has 2 atom stereocenters. The molecule has 2 aliphatic rings. The number of carbonyl (C=O) groups is 2. The number of ketones is 1. The van der Waals surface area contributed by atoms with Crippen LogP contribution >= 0.6 is 0 Å². The molecule has 5 nitrogen and oxygen atoms in total. The topological polar surface area (TPSA) is 62.4 Å². The maximum absolute atomic E-state index is 14.0. The van der Waals surface area contributed by atoms with Crippen molar-refractivity contribution in [3.05, 3.63) is 59.8 Å². The fourth-order valence-electron chi connectivity index (χ4n) is 5.37.